The lowest BCUT2D eigenvalue weighted by Crippen LogP contribution is -2.27. The molecule has 0 aromatic carbocycles. The molecule has 0 N–H and O–H groups in total. The number of nitrogens with zero attached hydrogens (tertiary/aromatic N) is 1. The summed E-state index contributed by atoms with van der Waals surface area (Å²) in [5.41, 5.74) is -0.104. The van der Waals surface area contributed by atoms with Gasteiger partial charge in [-0.1, -0.05) is 0 Å². The van der Waals surface area contributed by atoms with E-state index in [0.717, 1.165) is 0 Å². The van der Waals surface area contributed by atoms with Crippen molar-refractivity contribution in [2.75, 3.05) is 6.67 Å². The average molecular weight is 205 g/mol. The molecule has 0 aliphatic heterocycles. The van der Waals surface area contributed by atoms with Gasteiger partial charge in [-0.15, -0.1) is 0 Å². The topological polar surface area (TPSA) is 39.2 Å². The lowest BCUT2D eigenvalue weighted by atomic mass is 10.3. The fourth-order valence-corrected chi connectivity index (χ4v) is 0.710. The third kappa shape index (κ3) is 2.72. The Morgan fingerprint density at radius 2 is 2.00 bits per heavy atom. The first kappa shape index (κ1) is 10.5. The smallest absolute Gasteiger partial charge is 0.395 e. The Morgan fingerprint density at radius 3 is 2.50 bits per heavy atom. The highest BCUT2D eigenvalue weighted by atomic mass is 19.3. The quantitative estimate of drug-likeness (QED) is 0.706. The van der Waals surface area contributed by atoms with E-state index < -0.39 is 18.8 Å². The van der Waals surface area contributed by atoms with Crippen molar-refractivity contribution >= 4 is 5.97 Å². The van der Waals surface area contributed by atoms with E-state index in [4.69, 9.17) is 0 Å². The summed E-state index contributed by atoms with van der Waals surface area (Å²) in [6.45, 7) is -2.04. The van der Waals surface area contributed by atoms with Crippen LogP contribution in [0.2, 0.25) is 0 Å². The molecule has 0 atom stereocenters. The van der Waals surface area contributed by atoms with Crippen molar-refractivity contribution in [2.45, 2.75) is 6.11 Å². The van der Waals surface area contributed by atoms with Gasteiger partial charge in [0.15, 0.2) is 6.67 Å². The van der Waals surface area contributed by atoms with Crippen LogP contribution in [0.1, 0.15) is 10.4 Å². The normalized spacial score (nSPS) is 11.1. The maximum atomic E-state index is 12.3. The number of rotatable bonds is 3. The minimum absolute atomic E-state index is 0.104. The van der Waals surface area contributed by atoms with Crippen molar-refractivity contribution in [3.8, 4) is 0 Å². The number of halogens is 3. The molecular weight excluding hydrogens is 199 g/mol. The molecule has 0 radical (unpaired) electrons. The van der Waals surface area contributed by atoms with Gasteiger partial charge in [0.2, 0.25) is 0 Å². The van der Waals surface area contributed by atoms with E-state index >= 15 is 0 Å². The van der Waals surface area contributed by atoms with Gasteiger partial charge in [-0.05, 0) is 12.1 Å². The van der Waals surface area contributed by atoms with E-state index in [9.17, 15) is 18.0 Å². The van der Waals surface area contributed by atoms with Gasteiger partial charge in [0.05, 0.1) is 5.56 Å². The zero-order valence-corrected chi connectivity index (χ0v) is 6.91. The van der Waals surface area contributed by atoms with Crippen LogP contribution in [-0.4, -0.2) is 23.7 Å². The summed E-state index contributed by atoms with van der Waals surface area (Å²) in [5, 5.41) is 0. The fraction of sp³-hybridized carbons (Fsp3) is 0.250. The third-order valence-electron chi connectivity index (χ3n) is 1.31. The summed E-state index contributed by atoms with van der Waals surface area (Å²) in [4.78, 5) is 14.5. The summed E-state index contributed by atoms with van der Waals surface area (Å²) in [7, 11) is 0. The minimum Gasteiger partial charge on any atom is -0.395 e. The summed E-state index contributed by atoms with van der Waals surface area (Å²) in [6.07, 6.45) is -1.59. The molecule has 0 bridgehead atoms. The largest absolute Gasteiger partial charge is 0.429 e. The fourth-order valence-electron chi connectivity index (χ4n) is 0.710. The lowest BCUT2D eigenvalue weighted by molar-refractivity contribution is -0.209. The van der Waals surface area contributed by atoms with E-state index in [2.05, 4.69) is 9.72 Å². The molecular formula is C8H6F3NO2. The van der Waals surface area contributed by atoms with Crippen LogP contribution in [0.5, 0.6) is 0 Å². The maximum Gasteiger partial charge on any atom is 0.429 e. The number of hydrogen-bond donors (Lipinski definition) is 0. The summed E-state index contributed by atoms with van der Waals surface area (Å²) in [6, 6.07) is 2.38. The monoisotopic (exact) mass is 205 g/mol. The van der Waals surface area contributed by atoms with Gasteiger partial charge >= 0.3 is 12.1 Å². The molecule has 76 valence electrons. The van der Waals surface area contributed by atoms with E-state index in [0.29, 0.717) is 0 Å². The molecule has 0 aliphatic carbocycles. The van der Waals surface area contributed by atoms with Crippen LogP contribution in [0.15, 0.2) is 24.5 Å². The Balaban J connectivity index is 2.69. The van der Waals surface area contributed by atoms with Crippen LogP contribution in [0.4, 0.5) is 13.2 Å². The Labute approximate surface area is 77.5 Å². The Hall–Kier alpha value is -1.59. The molecule has 0 fully saturated rings. The van der Waals surface area contributed by atoms with Gasteiger partial charge in [0.1, 0.15) is 0 Å². The first-order valence-electron chi connectivity index (χ1n) is 3.62. The zero-order chi connectivity index (χ0) is 10.6. The molecule has 0 unspecified atom stereocenters. The Bertz CT molecular complexity index is 316. The van der Waals surface area contributed by atoms with Crippen molar-refractivity contribution < 1.29 is 22.7 Å². The number of pyridine rings is 1. The van der Waals surface area contributed by atoms with Crippen molar-refractivity contribution in [3.05, 3.63) is 30.1 Å². The highest BCUT2D eigenvalue weighted by Gasteiger charge is 2.34. The molecule has 14 heavy (non-hydrogen) atoms. The van der Waals surface area contributed by atoms with E-state index in [1.807, 2.05) is 0 Å². The molecule has 1 heterocycles. The minimum atomic E-state index is -4.07. The molecule has 3 nitrogen and oxygen atoms in total. The van der Waals surface area contributed by atoms with Crippen molar-refractivity contribution in [3.63, 3.8) is 0 Å². The number of ether oxygens (including phenoxy) is 1. The standard InChI is InChI=1S/C8H6F3NO2/c9-5-8(10,11)14-7(13)6-1-3-12-4-2-6/h1-4H,5H2. The number of esters is 1. The Kier molecular flexibility index (Phi) is 3.06. The van der Waals surface area contributed by atoms with Gasteiger partial charge in [0, 0.05) is 12.4 Å². The molecule has 1 aromatic heterocycles. The molecule has 1 rings (SSSR count). The van der Waals surface area contributed by atoms with E-state index in [1.165, 1.54) is 24.5 Å². The molecule has 1 aromatic rings. The number of carbonyl (C=O) groups excluding carboxylic acids is 1. The van der Waals surface area contributed by atoms with Crippen molar-refractivity contribution in [1.82, 2.24) is 4.98 Å². The molecule has 0 aliphatic rings. The van der Waals surface area contributed by atoms with Gasteiger partial charge in [-0.3, -0.25) is 4.98 Å². The molecule has 0 spiro atoms. The van der Waals surface area contributed by atoms with Crippen LogP contribution in [0.3, 0.4) is 0 Å². The first-order chi connectivity index (χ1) is 6.55. The highest BCUT2D eigenvalue weighted by molar-refractivity contribution is 5.89. The van der Waals surface area contributed by atoms with E-state index in [-0.39, 0.29) is 5.56 Å². The van der Waals surface area contributed by atoms with Gasteiger partial charge < -0.3 is 4.74 Å². The van der Waals surface area contributed by atoms with Crippen molar-refractivity contribution in [1.29, 1.82) is 0 Å². The molecule has 6 heteroatoms. The second-order valence-corrected chi connectivity index (χ2v) is 2.40. The van der Waals surface area contributed by atoms with Crippen LogP contribution >= 0.6 is 0 Å². The van der Waals surface area contributed by atoms with E-state index in [1.54, 1.807) is 0 Å². The van der Waals surface area contributed by atoms with Crippen LogP contribution < -0.4 is 0 Å². The molecule has 0 saturated carbocycles. The first-order valence-corrected chi connectivity index (χ1v) is 3.62. The van der Waals surface area contributed by atoms with Crippen LogP contribution in [0, 0.1) is 0 Å². The second kappa shape index (κ2) is 4.08. The van der Waals surface area contributed by atoms with Gasteiger partial charge in [-0.25, -0.2) is 9.18 Å². The number of alkyl halides is 3. The predicted molar refractivity (Wildman–Crippen MR) is 40.6 cm³/mol. The van der Waals surface area contributed by atoms with Crippen LogP contribution in [0.25, 0.3) is 0 Å². The molecule has 0 amide bonds. The highest BCUT2D eigenvalue weighted by Crippen LogP contribution is 2.17. The average Bonchev–Trinajstić information content (AvgIpc) is 2.19. The Morgan fingerprint density at radius 1 is 1.43 bits per heavy atom. The van der Waals surface area contributed by atoms with Crippen molar-refractivity contribution in [2.24, 2.45) is 0 Å². The summed E-state index contributed by atoms with van der Waals surface area (Å²) in [5.74, 6) is -1.28. The SMILES string of the molecule is O=C(OC(F)(F)CF)c1ccncc1. The third-order valence-corrected chi connectivity index (χ3v) is 1.31. The van der Waals surface area contributed by atoms with Crippen LogP contribution in [-0.2, 0) is 4.74 Å². The lowest BCUT2D eigenvalue weighted by Gasteiger charge is -2.12. The number of hydrogen-bond acceptors (Lipinski definition) is 3. The summed E-state index contributed by atoms with van der Waals surface area (Å²) < 4.78 is 39.7. The second-order valence-electron chi connectivity index (χ2n) is 2.40. The maximum absolute atomic E-state index is 12.3. The number of aromatic nitrogens is 1. The zero-order valence-electron chi connectivity index (χ0n) is 6.91. The van der Waals surface area contributed by atoms with Gasteiger partial charge in [-0.2, -0.15) is 8.78 Å². The predicted octanol–water partition coefficient (Wildman–Crippen LogP) is 1.80. The number of carbonyl (C=O) groups is 1. The summed E-state index contributed by atoms with van der Waals surface area (Å²) >= 11 is 0. The molecule has 0 saturated heterocycles. The van der Waals surface area contributed by atoms with Gasteiger partial charge in [0.25, 0.3) is 0 Å².